The van der Waals surface area contributed by atoms with Gasteiger partial charge in [-0.05, 0) is 12.5 Å². The highest BCUT2D eigenvalue weighted by Crippen LogP contribution is 2.08. The number of H-pyrrole nitrogens is 1. The van der Waals surface area contributed by atoms with E-state index in [0.717, 1.165) is 0 Å². The van der Waals surface area contributed by atoms with Gasteiger partial charge in [0.2, 0.25) is 0 Å². The highest BCUT2D eigenvalue weighted by Gasteiger charge is 2.10. The van der Waals surface area contributed by atoms with Crippen LogP contribution in [-0.2, 0) is 14.1 Å². The Balaban J connectivity index is 3.18. The molecule has 0 saturated carbocycles. The molecular formula is C9H11N3O2. The molecule has 0 saturated heterocycles. The molecule has 0 bridgehead atoms. The summed E-state index contributed by atoms with van der Waals surface area (Å²) in [6, 6.07) is 1.47. The highest BCUT2D eigenvalue weighted by molar-refractivity contribution is 5.77. The van der Waals surface area contributed by atoms with Gasteiger partial charge in [0, 0.05) is 20.2 Å². The molecule has 1 N–H and O–H groups in total. The minimum Gasteiger partial charge on any atom is -0.296 e. The minimum absolute atomic E-state index is 0.104. The summed E-state index contributed by atoms with van der Waals surface area (Å²) in [4.78, 5) is 23.0. The summed E-state index contributed by atoms with van der Waals surface area (Å²) in [5, 5.41) is 3.42. The molecule has 0 fully saturated rings. The Kier molecular flexibility index (Phi) is 1.64. The first kappa shape index (κ1) is 8.80. The van der Waals surface area contributed by atoms with Crippen molar-refractivity contribution in [2.45, 2.75) is 6.92 Å². The predicted octanol–water partition coefficient (Wildman–Crippen LogP) is -0.126. The maximum atomic E-state index is 11.6. The summed E-state index contributed by atoms with van der Waals surface area (Å²) in [7, 11) is 3.27. The molecule has 0 spiro atoms. The van der Waals surface area contributed by atoms with Crippen molar-refractivity contribution in [3.8, 4) is 0 Å². The first-order valence-corrected chi connectivity index (χ1v) is 4.27. The molecule has 5 heteroatoms. The normalized spacial score (nSPS) is 11.1. The Morgan fingerprint density at radius 2 is 1.93 bits per heavy atom. The maximum absolute atomic E-state index is 11.6. The van der Waals surface area contributed by atoms with Crippen molar-refractivity contribution < 1.29 is 0 Å². The van der Waals surface area contributed by atoms with E-state index in [9.17, 15) is 9.59 Å². The third-order valence-corrected chi connectivity index (χ3v) is 2.43. The standard InChI is InChI=1S/C9H11N3O2/c1-5-4-6(13)11(2)8-7(5)9(14)12(3)10-8/h4,10H,1-3H3. The molecule has 5 nitrogen and oxygen atoms in total. The van der Waals surface area contributed by atoms with Crippen LogP contribution < -0.4 is 11.1 Å². The van der Waals surface area contributed by atoms with Gasteiger partial charge >= 0.3 is 0 Å². The molecule has 14 heavy (non-hydrogen) atoms. The first-order valence-electron chi connectivity index (χ1n) is 4.27. The van der Waals surface area contributed by atoms with E-state index >= 15 is 0 Å². The van der Waals surface area contributed by atoms with E-state index in [1.165, 1.54) is 15.3 Å². The lowest BCUT2D eigenvalue weighted by atomic mass is 10.2. The lowest BCUT2D eigenvalue weighted by Gasteiger charge is -1.99. The minimum atomic E-state index is -0.114. The number of pyridine rings is 1. The first-order chi connectivity index (χ1) is 6.52. The Labute approximate surface area is 79.6 Å². The van der Waals surface area contributed by atoms with Crippen molar-refractivity contribution in [1.82, 2.24) is 14.3 Å². The van der Waals surface area contributed by atoms with Crippen LogP contribution >= 0.6 is 0 Å². The van der Waals surface area contributed by atoms with Crippen LogP contribution in [0.4, 0.5) is 0 Å². The summed E-state index contributed by atoms with van der Waals surface area (Å²) >= 11 is 0. The molecule has 0 amide bonds. The van der Waals surface area contributed by atoms with Gasteiger partial charge < -0.3 is 0 Å². The van der Waals surface area contributed by atoms with Crippen molar-refractivity contribution in [2.75, 3.05) is 0 Å². The van der Waals surface area contributed by atoms with Gasteiger partial charge in [0.1, 0.15) is 5.65 Å². The topological polar surface area (TPSA) is 59.8 Å². The molecule has 0 atom stereocenters. The van der Waals surface area contributed by atoms with Gasteiger partial charge in [-0.1, -0.05) is 0 Å². The second-order valence-corrected chi connectivity index (χ2v) is 3.42. The fourth-order valence-corrected chi connectivity index (χ4v) is 1.60. The van der Waals surface area contributed by atoms with E-state index in [2.05, 4.69) is 5.10 Å². The summed E-state index contributed by atoms with van der Waals surface area (Å²) in [5.41, 5.74) is 1.07. The number of aromatic amines is 1. The van der Waals surface area contributed by atoms with Gasteiger partial charge in [0.05, 0.1) is 5.39 Å². The van der Waals surface area contributed by atoms with E-state index in [0.29, 0.717) is 16.6 Å². The predicted molar refractivity (Wildman–Crippen MR) is 53.5 cm³/mol. The monoisotopic (exact) mass is 193 g/mol. The zero-order chi connectivity index (χ0) is 10.5. The molecule has 0 aliphatic heterocycles. The van der Waals surface area contributed by atoms with Crippen molar-refractivity contribution in [3.63, 3.8) is 0 Å². The summed E-state index contributed by atoms with van der Waals surface area (Å²) in [6.07, 6.45) is 0. The van der Waals surface area contributed by atoms with Gasteiger partial charge in [-0.25, -0.2) is 0 Å². The average molecular weight is 193 g/mol. The smallest absolute Gasteiger partial charge is 0.275 e. The van der Waals surface area contributed by atoms with E-state index in [1.807, 2.05) is 0 Å². The van der Waals surface area contributed by atoms with Crippen molar-refractivity contribution in [3.05, 3.63) is 32.3 Å². The highest BCUT2D eigenvalue weighted by atomic mass is 16.1. The fraction of sp³-hybridized carbons (Fsp3) is 0.333. The average Bonchev–Trinajstić information content (AvgIpc) is 2.40. The number of fused-ring (bicyclic) bond motifs is 1. The largest absolute Gasteiger partial charge is 0.296 e. The van der Waals surface area contributed by atoms with Crippen LogP contribution in [0.3, 0.4) is 0 Å². The van der Waals surface area contributed by atoms with Crippen molar-refractivity contribution in [1.29, 1.82) is 0 Å². The number of aryl methyl sites for hydroxylation is 3. The second-order valence-electron chi connectivity index (χ2n) is 3.42. The van der Waals surface area contributed by atoms with Gasteiger partial charge in [-0.3, -0.25) is 23.9 Å². The summed E-state index contributed by atoms with van der Waals surface area (Å²) in [6.45, 7) is 1.76. The quantitative estimate of drug-likeness (QED) is 0.633. The lowest BCUT2D eigenvalue weighted by Crippen LogP contribution is -2.17. The van der Waals surface area contributed by atoms with E-state index in [-0.39, 0.29) is 11.1 Å². The van der Waals surface area contributed by atoms with Gasteiger partial charge in [0.25, 0.3) is 11.1 Å². The molecule has 0 radical (unpaired) electrons. The molecule has 74 valence electrons. The van der Waals surface area contributed by atoms with Gasteiger partial charge in [-0.15, -0.1) is 0 Å². The van der Waals surface area contributed by atoms with Crippen LogP contribution in [0.5, 0.6) is 0 Å². The van der Waals surface area contributed by atoms with Crippen LogP contribution in [-0.4, -0.2) is 14.3 Å². The Hall–Kier alpha value is -1.78. The van der Waals surface area contributed by atoms with Crippen LogP contribution in [0, 0.1) is 6.92 Å². The second kappa shape index (κ2) is 2.60. The van der Waals surface area contributed by atoms with Gasteiger partial charge in [0.15, 0.2) is 0 Å². The van der Waals surface area contributed by atoms with Crippen molar-refractivity contribution in [2.24, 2.45) is 14.1 Å². The van der Waals surface area contributed by atoms with Crippen LogP contribution in [0.25, 0.3) is 11.0 Å². The van der Waals surface area contributed by atoms with E-state index in [1.54, 1.807) is 21.0 Å². The van der Waals surface area contributed by atoms with Gasteiger partial charge in [-0.2, -0.15) is 0 Å². The maximum Gasteiger partial charge on any atom is 0.275 e. The SMILES string of the molecule is Cc1cc(=O)n(C)c2[nH]n(C)c(=O)c12. The Morgan fingerprint density at radius 3 is 2.57 bits per heavy atom. The number of hydrogen-bond acceptors (Lipinski definition) is 2. The molecule has 2 aromatic heterocycles. The third kappa shape index (κ3) is 0.951. The zero-order valence-corrected chi connectivity index (χ0v) is 8.29. The van der Waals surface area contributed by atoms with Crippen LogP contribution in [0.1, 0.15) is 5.56 Å². The number of nitrogens with zero attached hydrogens (tertiary/aromatic N) is 2. The number of hydrogen-bond donors (Lipinski definition) is 1. The Morgan fingerprint density at radius 1 is 1.29 bits per heavy atom. The fourth-order valence-electron chi connectivity index (χ4n) is 1.60. The lowest BCUT2D eigenvalue weighted by molar-refractivity contribution is 0.735. The van der Waals surface area contributed by atoms with E-state index < -0.39 is 0 Å². The summed E-state index contributed by atoms with van der Waals surface area (Å²) in [5.74, 6) is 0. The molecule has 2 aromatic rings. The number of aromatic nitrogens is 3. The van der Waals surface area contributed by atoms with Crippen LogP contribution in [0.15, 0.2) is 15.7 Å². The third-order valence-electron chi connectivity index (χ3n) is 2.43. The van der Waals surface area contributed by atoms with Crippen molar-refractivity contribution >= 4 is 11.0 Å². The zero-order valence-electron chi connectivity index (χ0n) is 8.29. The Bertz CT molecular complexity index is 615. The molecule has 0 aliphatic carbocycles. The van der Waals surface area contributed by atoms with E-state index in [4.69, 9.17) is 0 Å². The molecule has 2 heterocycles. The van der Waals surface area contributed by atoms with Crippen LogP contribution in [0.2, 0.25) is 0 Å². The molecular weight excluding hydrogens is 182 g/mol. The molecule has 0 unspecified atom stereocenters. The molecule has 2 rings (SSSR count). The molecule has 0 aromatic carbocycles. The molecule has 0 aliphatic rings. The number of rotatable bonds is 0. The summed E-state index contributed by atoms with van der Waals surface area (Å²) < 4.78 is 2.81. The number of nitrogens with one attached hydrogen (secondary N) is 1.